The summed E-state index contributed by atoms with van der Waals surface area (Å²) in [4.78, 5) is 30.6. The molecule has 1 aliphatic rings. The van der Waals surface area contributed by atoms with Crippen LogP contribution in [0.1, 0.15) is 19.4 Å². The molecule has 2 aromatic carbocycles. The first-order valence-electron chi connectivity index (χ1n) is 8.72. The van der Waals surface area contributed by atoms with E-state index in [1.54, 1.807) is 19.9 Å². The molecular formula is C21H19FN2O3S. The van der Waals surface area contributed by atoms with Crippen LogP contribution in [0.5, 0.6) is 0 Å². The number of hydrogen-bond donors (Lipinski definition) is 0. The summed E-state index contributed by atoms with van der Waals surface area (Å²) in [6.45, 7) is 3.54. The van der Waals surface area contributed by atoms with E-state index in [2.05, 4.69) is 4.99 Å². The summed E-state index contributed by atoms with van der Waals surface area (Å²) in [7, 11) is 0. The SMILES string of the molecule is CC(C)OC(=O)CSC1=N/C(=C\c2ccccc2)C(=O)N1c1ccc(F)cc1. The van der Waals surface area contributed by atoms with Gasteiger partial charge in [-0.1, -0.05) is 42.1 Å². The second-order valence-electron chi connectivity index (χ2n) is 6.28. The molecule has 0 aliphatic carbocycles. The van der Waals surface area contributed by atoms with Crippen LogP contribution >= 0.6 is 11.8 Å². The highest BCUT2D eigenvalue weighted by atomic mass is 32.2. The quantitative estimate of drug-likeness (QED) is 0.558. The molecule has 0 bridgehead atoms. The third kappa shape index (κ3) is 4.86. The van der Waals surface area contributed by atoms with Crippen molar-refractivity contribution in [1.82, 2.24) is 0 Å². The van der Waals surface area contributed by atoms with Crippen molar-refractivity contribution in [3.8, 4) is 0 Å². The van der Waals surface area contributed by atoms with E-state index in [-0.39, 0.29) is 23.5 Å². The van der Waals surface area contributed by atoms with Gasteiger partial charge in [0.1, 0.15) is 11.5 Å². The third-order valence-corrected chi connectivity index (χ3v) is 4.62. The fourth-order valence-corrected chi connectivity index (χ4v) is 3.33. The lowest BCUT2D eigenvalue weighted by atomic mass is 10.2. The van der Waals surface area contributed by atoms with E-state index < -0.39 is 11.8 Å². The van der Waals surface area contributed by atoms with Gasteiger partial charge in [-0.2, -0.15) is 0 Å². The van der Waals surface area contributed by atoms with E-state index >= 15 is 0 Å². The van der Waals surface area contributed by atoms with Crippen molar-refractivity contribution in [3.63, 3.8) is 0 Å². The minimum atomic E-state index is -0.401. The first-order valence-corrected chi connectivity index (χ1v) is 9.70. The minimum absolute atomic E-state index is 0.0145. The van der Waals surface area contributed by atoms with Crippen LogP contribution in [0.25, 0.3) is 6.08 Å². The summed E-state index contributed by atoms with van der Waals surface area (Å²) in [5.74, 6) is -1.12. The highest BCUT2D eigenvalue weighted by Crippen LogP contribution is 2.29. The number of ether oxygens (including phenoxy) is 1. The van der Waals surface area contributed by atoms with Crippen LogP contribution in [0.3, 0.4) is 0 Å². The summed E-state index contributed by atoms with van der Waals surface area (Å²) in [6.07, 6.45) is 1.46. The molecule has 0 radical (unpaired) electrons. The van der Waals surface area contributed by atoms with Crippen molar-refractivity contribution in [3.05, 3.63) is 71.7 Å². The number of thioether (sulfide) groups is 1. The summed E-state index contributed by atoms with van der Waals surface area (Å²) in [5.41, 5.74) is 1.56. The van der Waals surface area contributed by atoms with E-state index in [4.69, 9.17) is 4.74 Å². The van der Waals surface area contributed by atoms with Gasteiger partial charge in [-0.3, -0.25) is 14.5 Å². The number of esters is 1. The Morgan fingerprint density at radius 2 is 1.86 bits per heavy atom. The molecule has 0 N–H and O–H groups in total. The van der Waals surface area contributed by atoms with Crippen LogP contribution < -0.4 is 4.90 Å². The Morgan fingerprint density at radius 1 is 1.18 bits per heavy atom. The van der Waals surface area contributed by atoms with Gasteiger partial charge < -0.3 is 4.74 Å². The number of carbonyl (C=O) groups excluding carboxylic acids is 2. The van der Waals surface area contributed by atoms with Gasteiger partial charge >= 0.3 is 5.97 Å². The van der Waals surface area contributed by atoms with Crippen molar-refractivity contribution in [1.29, 1.82) is 0 Å². The number of amides is 1. The Labute approximate surface area is 166 Å². The van der Waals surface area contributed by atoms with E-state index in [9.17, 15) is 14.0 Å². The third-order valence-electron chi connectivity index (χ3n) is 3.70. The predicted octanol–water partition coefficient (Wildman–Crippen LogP) is 4.25. The summed E-state index contributed by atoms with van der Waals surface area (Å²) in [6, 6.07) is 14.9. The molecule has 5 nitrogen and oxygen atoms in total. The Bertz CT molecular complexity index is 924. The van der Waals surface area contributed by atoms with Crippen molar-refractivity contribution in [2.24, 2.45) is 4.99 Å². The van der Waals surface area contributed by atoms with E-state index in [0.29, 0.717) is 10.9 Å². The van der Waals surface area contributed by atoms with E-state index in [0.717, 1.165) is 17.3 Å². The van der Waals surface area contributed by atoms with E-state index in [1.807, 2.05) is 30.3 Å². The average molecular weight is 398 g/mol. The number of anilines is 1. The lowest BCUT2D eigenvalue weighted by molar-refractivity contribution is -0.144. The summed E-state index contributed by atoms with van der Waals surface area (Å²) in [5, 5.41) is 0.347. The molecule has 7 heteroatoms. The standard InChI is InChI=1S/C21H19FN2O3S/c1-14(2)27-19(25)13-28-21-23-18(12-15-6-4-3-5-7-15)20(26)24(21)17-10-8-16(22)9-11-17/h3-12,14H,13H2,1-2H3/b18-12-. The number of carbonyl (C=O) groups is 2. The first kappa shape index (κ1) is 19.8. The van der Waals surface area contributed by atoms with Crippen molar-refractivity contribution >= 4 is 40.6 Å². The van der Waals surface area contributed by atoms with Crippen LogP contribution in [0.4, 0.5) is 10.1 Å². The smallest absolute Gasteiger partial charge is 0.316 e. The number of halogens is 1. The zero-order valence-corrected chi connectivity index (χ0v) is 16.3. The molecule has 2 aromatic rings. The predicted molar refractivity (Wildman–Crippen MR) is 109 cm³/mol. The van der Waals surface area contributed by atoms with Gasteiger partial charge in [0.25, 0.3) is 5.91 Å². The van der Waals surface area contributed by atoms with Gasteiger partial charge in [-0.15, -0.1) is 0 Å². The highest BCUT2D eigenvalue weighted by molar-refractivity contribution is 8.14. The molecule has 3 rings (SSSR count). The van der Waals surface area contributed by atoms with Gasteiger partial charge in [-0.25, -0.2) is 9.38 Å². The molecule has 0 saturated carbocycles. The number of hydrogen-bond acceptors (Lipinski definition) is 5. The molecular weight excluding hydrogens is 379 g/mol. The van der Waals surface area contributed by atoms with Gasteiger partial charge in [0.2, 0.25) is 0 Å². The normalized spacial score (nSPS) is 15.3. The molecule has 1 amide bonds. The van der Waals surface area contributed by atoms with Crippen molar-refractivity contribution < 1.29 is 18.7 Å². The molecule has 0 aromatic heterocycles. The van der Waals surface area contributed by atoms with Gasteiger partial charge in [0.05, 0.1) is 17.5 Å². The van der Waals surface area contributed by atoms with Gasteiger partial charge in [0.15, 0.2) is 5.17 Å². The molecule has 0 unspecified atom stereocenters. The molecule has 0 spiro atoms. The number of rotatable bonds is 5. The first-order chi connectivity index (χ1) is 13.4. The second-order valence-corrected chi connectivity index (χ2v) is 7.22. The Kier molecular flexibility index (Phi) is 6.26. The molecule has 0 fully saturated rings. The number of benzene rings is 2. The molecule has 28 heavy (non-hydrogen) atoms. The second kappa shape index (κ2) is 8.84. The van der Waals surface area contributed by atoms with Crippen LogP contribution in [-0.2, 0) is 14.3 Å². The maximum absolute atomic E-state index is 13.3. The fourth-order valence-electron chi connectivity index (χ4n) is 2.54. The molecule has 0 saturated heterocycles. The number of aliphatic imine (C=N–C) groups is 1. The highest BCUT2D eigenvalue weighted by Gasteiger charge is 2.32. The molecule has 144 valence electrons. The Morgan fingerprint density at radius 3 is 2.50 bits per heavy atom. The summed E-state index contributed by atoms with van der Waals surface area (Å²) >= 11 is 1.11. The monoisotopic (exact) mass is 398 g/mol. The zero-order chi connectivity index (χ0) is 20.1. The Balaban J connectivity index is 1.89. The fraction of sp³-hybridized carbons (Fsp3) is 0.190. The molecule has 1 heterocycles. The van der Waals surface area contributed by atoms with Gasteiger partial charge in [-0.05, 0) is 49.8 Å². The zero-order valence-electron chi connectivity index (χ0n) is 15.5. The topological polar surface area (TPSA) is 59.0 Å². The molecule has 1 aliphatic heterocycles. The van der Waals surface area contributed by atoms with Crippen LogP contribution in [-0.4, -0.2) is 28.9 Å². The van der Waals surface area contributed by atoms with Crippen LogP contribution in [0.15, 0.2) is 65.3 Å². The van der Waals surface area contributed by atoms with Gasteiger partial charge in [0, 0.05) is 0 Å². The minimum Gasteiger partial charge on any atom is -0.462 e. The van der Waals surface area contributed by atoms with Crippen LogP contribution in [0.2, 0.25) is 0 Å². The molecule has 0 atom stereocenters. The number of amidine groups is 1. The maximum atomic E-state index is 13.3. The number of nitrogens with zero attached hydrogens (tertiary/aromatic N) is 2. The maximum Gasteiger partial charge on any atom is 0.316 e. The summed E-state index contributed by atoms with van der Waals surface area (Å²) < 4.78 is 18.4. The lowest BCUT2D eigenvalue weighted by Crippen LogP contribution is -2.31. The van der Waals surface area contributed by atoms with Crippen molar-refractivity contribution in [2.75, 3.05) is 10.7 Å². The largest absolute Gasteiger partial charge is 0.462 e. The Hall–Kier alpha value is -2.93. The average Bonchev–Trinajstić information content (AvgIpc) is 2.97. The van der Waals surface area contributed by atoms with Crippen LogP contribution in [0, 0.1) is 5.82 Å². The lowest BCUT2D eigenvalue weighted by Gasteiger charge is -2.17. The van der Waals surface area contributed by atoms with Crippen molar-refractivity contribution in [2.45, 2.75) is 20.0 Å². The van der Waals surface area contributed by atoms with E-state index in [1.165, 1.54) is 29.2 Å².